The third-order valence-corrected chi connectivity index (χ3v) is 10.9. The van der Waals surface area contributed by atoms with Gasteiger partial charge in [0.15, 0.2) is 0 Å². The molecule has 0 amide bonds. The Morgan fingerprint density at radius 1 is 0.604 bits per heavy atom. The van der Waals surface area contributed by atoms with E-state index >= 15 is 0 Å². The van der Waals surface area contributed by atoms with Gasteiger partial charge in [0.25, 0.3) is 0 Å². The van der Waals surface area contributed by atoms with Crippen molar-refractivity contribution < 1.29 is 4.74 Å². The van der Waals surface area contributed by atoms with Crippen LogP contribution < -0.4 is 0 Å². The van der Waals surface area contributed by atoms with Crippen LogP contribution in [0.1, 0.15) is 79.5 Å². The van der Waals surface area contributed by atoms with Gasteiger partial charge in [-0.3, -0.25) is 14.7 Å². The van der Waals surface area contributed by atoms with E-state index in [1.54, 1.807) is 0 Å². The zero-order valence-corrected chi connectivity index (χ0v) is 33.3. The molecule has 0 radical (unpaired) electrons. The molecule has 1 aliphatic heterocycles. The van der Waals surface area contributed by atoms with Crippen LogP contribution in [0, 0.1) is 6.92 Å². The van der Waals surface area contributed by atoms with Gasteiger partial charge in [0.2, 0.25) is 0 Å². The third kappa shape index (κ3) is 12.4. The van der Waals surface area contributed by atoms with Gasteiger partial charge in [-0.25, -0.2) is 0 Å². The summed E-state index contributed by atoms with van der Waals surface area (Å²) in [5.41, 5.74) is 7.81. The molecule has 5 heteroatoms. The molecule has 0 aliphatic carbocycles. The fourth-order valence-electron chi connectivity index (χ4n) is 7.47. The predicted octanol–water partition coefficient (Wildman–Crippen LogP) is 10.9. The number of hydrogen-bond acceptors (Lipinski definition) is 4. The fourth-order valence-corrected chi connectivity index (χ4v) is 7.70. The van der Waals surface area contributed by atoms with Gasteiger partial charge in [0.05, 0.1) is 6.61 Å². The molecule has 5 aromatic carbocycles. The maximum Gasteiger partial charge on any atom is 0.109 e. The second-order valence-electron chi connectivity index (χ2n) is 14.8. The minimum absolute atomic E-state index is 0.141. The van der Waals surface area contributed by atoms with Gasteiger partial charge in [0.1, 0.15) is 6.10 Å². The Balaban J connectivity index is 0.000000217. The number of rotatable bonds is 15. The number of nitrogens with zero attached hydrogens (tertiary/aromatic N) is 3. The molecule has 0 saturated carbocycles. The summed E-state index contributed by atoms with van der Waals surface area (Å²) in [7, 11) is 0. The molecular formula is C48H60ClN3O. The lowest BCUT2D eigenvalue weighted by Crippen LogP contribution is -2.46. The van der Waals surface area contributed by atoms with Crippen molar-refractivity contribution in [3.63, 3.8) is 0 Å². The first kappa shape index (κ1) is 40.4. The summed E-state index contributed by atoms with van der Waals surface area (Å²) in [5, 5.41) is 0.751. The van der Waals surface area contributed by atoms with Crippen molar-refractivity contribution in [3.05, 3.63) is 178 Å². The van der Waals surface area contributed by atoms with E-state index in [2.05, 4.69) is 165 Å². The Hall–Kier alpha value is -3.77. The number of hydrogen-bond donors (Lipinski definition) is 0. The van der Waals surface area contributed by atoms with Gasteiger partial charge in [0, 0.05) is 67.9 Å². The molecule has 0 bridgehead atoms. The van der Waals surface area contributed by atoms with Crippen molar-refractivity contribution in [2.24, 2.45) is 0 Å². The summed E-state index contributed by atoms with van der Waals surface area (Å²) in [6.07, 6.45) is 1.02. The van der Waals surface area contributed by atoms with Crippen LogP contribution in [0.4, 0.5) is 0 Å². The minimum Gasteiger partial charge on any atom is -0.367 e. The monoisotopic (exact) mass is 729 g/mol. The molecule has 6 rings (SSSR count). The molecule has 1 heterocycles. The van der Waals surface area contributed by atoms with E-state index in [4.69, 9.17) is 16.3 Å². The molecule has 0 aromatic heterocycles. The molecule has 4 nitrogen and oxygen atoms in total. The lowest BCUT2D eigenvalue weighted by Gasteiger charge is -2.35. The van der Waals surface area contributed by atoms with Crippen molar-refractivity contribution in [2.75, 3.05) is 45.9 Å². The Bertz CT molecular complexity index is 1690. The van der Waals surface area contributed by atoms with Crippen LogP contribution in [0.5, 0.6) is 0 Å². The van der Waals surface area contributed by atoms with Crippen molar-refractivity contribution in [1.82, 2.24) is 14.7 Å². The summed E-state index contributed by atoms with van der Waals surface area (Å²) in [4.78, 5) is 7.64. The van der Waals surface area contributed by atoms with E-state index in [0.717, 1.165) is 68.4 Å². The number of ether oxygens (including phenoxy) is 1. The van der Waals surface area contributed by atoms with Crippen LogP contribution in [0.2, 0.25) is 5.02 Å². The first-order chi connectivity index (χ1) is 25.8. The molecular weight excluding hydrogens is 670 g/mol. The van der Waals surface area contributed by atoms with Crippen LogP contribution in [-0.2, 0) is 11.3 Å². The molecule has 5 aromatic rings. The Morgan fingerprint density at radius 3 is 1.64 bits per heavy atom. The summed E-state index contributed by atoms with van der Waals surface area (Å²) < 4.78 is 6.40. The fraction of sp³-hybridized carbons (Fsp3) is 0.375. The Kier molecular flexibility index (Phi) is 16.2. The zero-order valence-electron chi connectivity index (χ0n) is 32.6. The Labute approximate surface area is 325 Å². The molecule has 280 valence electrons. The summed E-state index contributed by atoms with van der Waals surface area (Å²) >= 11 is 6.49. The van der Waals surface area contributed by atoms with Gasteiger partial charge >= 0.3 is 0 Å². The number of halogens is 1. The van der Waals surface area contributed by atoms with E-state index < -0.39 is 0 Å². The molecule has 53 heavy (non-hydrogen) atoms. The number of benzene rings is 5. The predicted molar refractivity (Wildman–Crippen MR) is 225 cm³/mol. The van der Waals surface area contributed by atoms with Gasteiger partial charge in [-0.05, 0) is 81.5 Å². The molecule has 0 N–H and O–H groups in total. The Morgan fingerprint density at radius 2 is 1.09 bits per heavy atom. The maximum absolute atomic E-state index is 6.49. The van der Waals surface area contributed by atoms with Crippen molar-refractivity contribution in [3.8, 4) is 0 Å². The normalized spacial score (nSPS) is 14.5. The summed E-state index contributed by atoms with van der Waals surface area (Å²) in [6, 6.07) is 50.0. The lowest BCUT2D eigenvalue weighted by atomic mass is 9.88. The van der Waals surface area contributed by atoms with Crippen LogP contribution in [-0.4, -0.2) is 72.7 Å². The SMILES string of the molecule is CC(C)N(CCC(c1ccccc1)c1ccccc1)C(C)C.Cc1ccccc1CN1CCN(CCOC(c2ccccc2)c2ccccc2Cl)CC1. The largest absolute Gasteiger partial charge is 0.367 e. The highest BCUT2D eigenvalue weighted by molar-refractivity contribution is 6.31. The van der Waals surface area contributed by atoms with E-state index in [1.807, 2.05) is 24.3 Å². The smallest absolute Gasteiger partial charge is 0.109 e. The van der Waals surface area contributed by atoms with Crippen LogP contribution >= 0.6 is 11.6 Å². The van der Waals surface area contributed by atoms with E-state index in [9.17, 15) is 0 Å². The molecule has 0 spiro atoms. The topological polar surface area (TPSA) is 19.0 Å². The van der Waals surface area contributed by atoms with Gasteiger partial charge in [-0.15, -0.1) is 0 Å². The molecule has 1 unspecified atom stereocenters. The highest BCUT2D eigenvalue weighted by atomic mass is 35.5. The van der Waals surface area contributed by atoms with Crippen molar-refractivity contribution in [2.45, 2.75) is 71.7 Å². The summed E-state index contributed by atoms with van der Waals surface area (Å²) in [5.74, 6) is 0.474. The standard InChI is InChI=1S/C27H31ClN2O.C21H29N/c1-22-9-5-6-12-24(22)21-30-17-15-29(16-18-30)19-20-31-27(23-10-3-2-4-11-23)25-13-7-8-14-26(25)28;1-17(2)22(18(3)4)16-15-21(19-11-7-5-8-12-19)20-13-9-6-10-14-20/h2-14,27H,15-21H2,1H3;5-14,17-18,21H,15-16H2,1-4H3. The van der Waals surface area contributed by atoms with Crippen molar-refractivity contribution >= 4 is 11.6 Å². The quantitative estimate of drug-likeness (QED) is 0.107. The van der Waals surface area contributed by atoms with E-state index in [1.165, 1.54) is 22.3 Å². The second-order valence-corrected chi connectivity index (χ2v) is 15.2. The third-order valence-electron chi connectivity index (χ3n) is 10.5. The average molecular weight is 730 g/mol. The van der Waals surface area contributed by atoms with Gasteiger partial charge < -0.3 is 4.74 Å². The van der Waals surface area contributed by atoms with Crippen LogP contribution in [0.25, 0.3) is 0 Å². The minimum atomic E-state index is -0.141. The first-order valence-electron chi connectivity index (χ1n) is 19.6. The molecule has 1 fully saturated rings. The summed E-state index contributed by atoms with van der Waals surface area (Å²) in [6.45, 7) is 19.5. The number of piperazine rings is 1. The highest BCUT2D eigenvalue weighted by Gasteiger charge is 2.21. The van der Waals surface area contributed by atoms with Crippen molar-refractivity contribution in [1.29, 1.82) is 0 Å². The maximum atomic E-state index is 6.49. The number of aryl methyl sites for hydroxylation is 1. The van der Waals surface area contributed by atoms with E-state index in [0.29, 0.717) is 24.6 Å². The average Bonchev–Trinajstić information content (AvgIpc) is 3.18. The van der Waals surface area contributed by atoms with Crippen LogP contribution in [0.3, 0.4) is 0 Å². The molecule has 1 atom stereocenters. The second kappa shape index (κ2) is 21.2. The van der Waals surface area contributed by atoms with Crippen LogP contribution in [0.15, 0.2) is 140 Å². The first-order valence-corrected chi connectivity index (χ1v) is 19.9. The zero-order chi connectivity index (χ0) is 37.4. The van der Waals surface area contributed by atoms with E-state index in [-0.39, 0.29) is 6.10 Å². The van der Waals surface area contributed by atoms with Gasteiger partial charge in [-0.2, -0.15) is 0 Å². The molecule has 1 aliphatic rings. The van der Waals surface area contributed by atoms with Gasteiger partial charge in [-0.1, -0.05) is 145 Å². The highest BCUT2D eigenvalue weighted by Crippen LogP contribution is 2.31. The molecule has 1 saturated heterocycles. The lowest BCUT2D eigenvalue weighted by molar-refractivity contribution is 0.0442.